The minimum atomic E-state index is 1.19. The van der Waals surface area contributed by atoms with Gasteiger partial charge in [-0.2, -0.15) is 11.8 Å². The third-order valence-corrected chi connectivity index (χ3v) is 8.96. The number of likely N-dealkylation sites (N-methyl/N-ethyl adjacent to an activating group) is 1. The average Bonchev–Trinajstić information content (AvgIpc) is 2.98. The van der Waals surface area contributed by atoms with Crippen LogP contribution in [0.5, 0.6) is 0 Å². The summed E-state index contributed by atoms with van der Waals surface area (Å²) in [6.07, 6.45) is 34.4. The summed E-state index contributed by atoms with van der Waals surface area (Å²) in [5, 5.41) is 0. The van der Waals surface area contributed by atoms with Gasteiger partial charge in [-0.1, -0.05) is 176 Å². The lowest BCUT2D eigenvalue weighted by Gasteiger charge is -2.23. The Bertz CT molecular complexity index is 392. The van der Waals surface area contributed by atoms with Gasteiger partial charge < -0.3 is 9.80 Å². The van der Waals surface area contributed by atoms with Crippen LogP contribution in [0.3, 0.4) is 0 Å². The quantitative estimate of drug-likeness (QED) is 0.0731. The van der Waals surface area contributed by atoms with Crippen molar-refractivity contribution in [3.05, 3.63) is 0 Å². The number of hydrogen-bond donors (Lipinski definition) is 0. The highest BCUT2D eigenvalue weighted by Crippen LogP contribution is 2.13. The Hall–Kier alpha value is 0.270. The molecule has 41 heavy (non-hydrogen) atoms. The molecule has 0 aliphatic carbocycles. The van der Waals surface area contributed by atoms with E-state index in [1.54, 1.807) is 0 Å². The smallest absolute Gasteiger partial charge is 0.0109 e. The third kappa shape index (κ3) is 47.4. The van der Waals surface area contributed by atoms with Gasteiger partial charge >= 0.3 is 0 Å². The molecule has 0 bridgehead atoms. The molecule has 0 aromatic carbocycles. The molecule has 0 fully saturated rings. The van der Waals surface area contributed by atoms with E-state index in [1.165, 1.54) is 192 Å². The van der Waals surface area contributed by atoms with Gasteiger partial charge in [0.15, 0.2) is 0 Å². The van der Waals surface area contributed by atoms with Crippen LogP contribution < -0.4 is 0 Å². The van der Waals surface area contributed by atoms with Crippen molar-refractivity contribution in [3.8, 4) is 0 Å². The first-order valence-corrected chi connectivity index (χ1v) is 20.2. The van der Waals surface area contributed by atoms with Crippen LogP contribution >= 0.6 is 11.8 Å². The maximum atomic E-state index is 2.67. The van der Waals surface area contributed by atoms with Gasteiger partial charge in [0.25, 0.3) is 0 Å². The fourth-order valence-corrected chi connectivity index (χ4v) is 5.93. The van der Waals surface area contributed by atoms with E-state index < -0.39 is 0 Å². The molecule has 0 saturated carbocycles. The monoisotopic (exact) mass is 601 g/mol. The van der Waals surface area contributed by atoms with Gasteiger partial charge in [-0.05, 0) is 58.0 Å². The molecule has 0 aliphatic rings. The molecule has 0 aromatic heterocycles. The topological polar surface area (TPSA) is 6.48 Å². The van der Waals surface area contributed by atoms with Crippen LogP contribution in [0.4, 0.5) is 0 Å². The van der Waals surface area contributed by atoms with Crippen molar-refractivity contribution < 1.29 is 0 Å². The van der Waals surface area contributed by atoms with E-state index in [2.05, 4.69) is 63.4 Å². The maximum Gasteiger partial charge on any atom is 0.0109 e. The van der Waals surface area contributed by atoms with E-state index in [1.807, 2.05) is 13.8 Å². The van der Waals surface area contributed by atoms with E-state index in [0.717, 1.165) is 0 Å². The fourth-order valence-electron chi connectivity index (χ4n) is 4.98. The van der Waals surface area contributed by atoms with Crippen molar-refractivity contribution in [1.82, 2.24) is 9.80 Å². The lowest BCUT2D eigenvalue weighted by Crippen LogP contribution is -2.33. The number of hydrogen-bond acceptors (Lipinski definition) is 3. The summed E-state index contributed by atoms with van der Waals surface area (Å²) in [6.45, 7) is 18.2. The largest absolute Gasteiger partial charge is 0.308 e. The predicted octanol–water partition coefficient (Wildman–Crippen LogP) is 13.0. The maximum absolute atomic E-state index is 2.67. The second-order valence-electron chi connectivity index (χ2n) is 12.3. The highest BCUT2D eigenvalue weighted by Gasteiger charge is 2.05. The van der Waals surface area contributed by atoms with Gasteiger partial charge in [0.1, 0.15) is 0 Å². The van der Waals surface area contributed by atoms with Gasteiger partial charge in [0, 0.05) is 13.1 Å². The molecule has 0 aliphatic heterocycles. The molecule has 3 heteroatoms. The van der Waals surface area contributed by atoms with Crippen LogP contribution in [0.1, 0.15) is 196 Å². The zero-order valence-electron chi connectivity index (χ0n) is 30.5. The molecule has 0 saturated heterocycles. The molecule has 2 nitrogen and oxygen atoms in total. The van der Waals surface area contributed by atoms with E-state index in [0.29, 0.717) is 0 Å². The Balaban J connectivity index is -0.000000806. The van der Waals surface area contributed by atoms with Gasteiger partial charge in [-0.25, -0.2) is 0 Å². The second-order valence-corrected chi connectivity index (χ2v) is 13.6. The average molecular weight is 601 g/mol. The van der Waals surface area contributed by atoms with Crippen molar-refractivity contribution in [2.45, 2.75) is 196 Å². The molecule has 0 unspecified atom stereocenters. The molecule has 0 radical (unpaired) electrons. The summed E-state index contributed by atoms with van der Waals surface area (Å²) >= 11 is 2.18. The summed E-state index contributed by atoms with van der Waals surface area (Å²) in [5.41, 5.74) is 0. The standard InChI is InChI=1S/C23H50N2S.C13H28.C2H6/c1-5-7-9-10-11-12-13-14-15-16-22-26-23-17-19-25(18-8-6-2)21-20-24(3)4;1-3-5-7-9-11-13-12-10-8-6-4-2;1-2/h5-23H2,1-4H3;3-13H2,1-2H3;1-2H3. The Morgan fingerprint density at radius 2 is 0.659 bits per heavy atom. The van der Waals surface area contributed by atoms with Crippen molar-refractivity contribution >= 4 is 11.8 Å². The molecular weight excluding hydrogens is 516 g/mol. The Morgan fingerprint density at radius 3 is 1.02 bits per heavy atom. The molecular formula is C38H84N2S. The fraction of sp³-hybridized carbons (Fsp3) is 1.00. The molecule has 0 aromatic rings. The Kier molecular flexibility index (Phi) is 49.8. The van der Waals surface area contributed by atoms with Gasteiger partial charge in [-0.15, -0.1) is 0 Å². The molecule has 0 amide bonds. The van der Waals surface area contributed by atoms with Crippen molar-refractivity contribution in [2.24, 2.45) is 0 Å². The summed E-state index contributed by atoms with van der Waals surface area (Å²) in [7, 11) is 4.36. The normalized spacial score (nSPS) is 11.0. The first-order valence-electron chi connectivity index (χ1n) is 19.1. The lowest BCUT2D eigenvalue weighted by atomic mass is 10.1. The van der Waals surface area contributed by atoms with E-state index in [-0.39, 0.29) is 0 Å². The third-order valence-electron chi connectivity index (χ3n) is 7.80. The zero-order chi connectivity index (χ0) is 31.1. The summed E-state index contributed by atoms with van der Waals surface area (Å²) < 4.78 is 0. The number of rotatable bonds is 31. The molecule has 0 heterocycles. The van der Waals surface area contributed by atoms with Crippen LogP contribution in [0.15, 0.2) is 0 Å². The molecule has 0 spiro atoms. The van der Waals surface area contributed by atoms with Crippen LogP contribution in [-0.4, -0.2) is 61.6 Å². The summed E-state index contributed by atoms with van der Waals surface area (Å²) in [6, 6.07) is 0. The predicted molar refractivity (Wildman–Crippen MR) is 197 cm³/mol. The van der Waals surface area contributed by atoms with E-state index in [9.17, 15) is 0 Å². The summed E-state index contributed by atoms with van der Waals surface area (Å²) in [5.74, 6) is 2.73. The Morgan fingerprint density at radius 1 is 0.341 bits per heavy atom. The van der Waals surface area contributed by atoms with Gasteiger partial charge in [0.2, 0.25) is 0 Å². The lowest BCUT2D eigenvalue weighted by molar-refractivity contribution is 0.238. The number of unbranched alkanes of at least 4 members (excludes halogenated alkanes) is 20. The molecule has 0 N–H and O–H groups in total. The SMILES string of the molecule is CC.CCCCCCCCCCCCC.CCCCCCCCCCCCSCCCN(CCCC)CCN(C)C. The molecule has 0 rings (SSSR count). The van der Waals surface area contributed by atoms with Crippen LogP contribution in [0.25, 0.3) is 0 Å². The highest BCUT2D eigenvalue weighted by molar-refractivity contribution is 7.99. The molecule has 0 atom stereocenters. The van der Waals surface area contributed by atoms with E-state index >= 15 is 0 Å². The zero-order valence-corrected chi connectivity index (χ0v) is 31.3. The van der Waals surface area contributed by atoms with Gasteiger partial charge in [0.05, 0.1) is 0 Å². The first-order chi connectivity index (χ1) is 20.1. The number of nitrogens with zero attached hydrogens (tertiary/aromatic N) is 2. The Labute approximate surface area is 268 Å². The van der Waals surface area contributed by atoms with Crippen LogP contribution in [0.2, 0.25) is 0 Å². The highest BCUT2D eigenvalue weighted by atomic mass is 32.2. The number of thioether (sulfide) groups is 1. The van der Waals surface area contributed by atoms with Crippen molar-refractivity contribution in [2.75, 3.05) is 51.8 Å². The van der Waals surface area contributed by atoms with Crippen LogP contribution in [-0.2, 0) is 0 Å². The first kappa shape index (κ1) is 45.7. The van der Waals surface area contributed by atoms with Gasteiger partial charge in [-0.3, -0.25) is 0 Å². The van der Waals surface area contributed by atoms with Crippen molar-refractivity contribution in [1.29, 1.82) is 0 Å². The minimum Gasteiger partial charge on any atom is -0.308 e. The molecule has 252 valence electrons. The summed E-state index contributed by atoms with van der Waals surface area (Å²) in [4.78, 5) is 4.98. The van der Waals surface area contributed by atoms with Crippen molar-refractivity contribution in [3.63, 3.8) is 0 Å². The van der Waals surface area contributed by atoms with E-state index in [4.69, 9.17) is 0 Å². The van der Waals surface area contributed by atoms with Crippen LogP contribution in [0, 0.1) is 0 Å². The second kappa shape index (κ2) is 44.7. The minimum absolute atomic E-state index is 1.19.